The lowest BCUT2D eigenvalue weighted by molar-refractivity contribution is -0.119. The second-order valence-corrected chi connectivity index (χ2v) is 4.26. The summed E-state index contributed by atoms with van der Waals surface area (Å²) in [5, 5.41) is 2.72. The molecule has 0 saturated carbocycles. The Morgan fingerprint density at radius 3 is 2.82 bits per heavy atom. The lowest BCUT2D eigenvalue weighted by atomic mass is 10.0. The van der Waals surface area contributed by atoms with E-state index in [2.05, 4.69) is 12.2 Å². The number of amides is 1. The molecule has 1 rings (SSSR count). The van der Waals surface area contributed by atoms with Gasteiger partial charge in [0.25, 0.3) is 0 Å². The largest absolute Gasteiger partial charge is 0.397 e. The Kier molecular flexibility index (Phi) is 4.94. The van der Waals surface area contributed by atoms with Gasteiger partial charge in [-0.3, -0.25) is 4.79 Å². The maximum Gasteiger partial charge on any atom is 0.227 e. The van der Waals surface area contributed by atoms with Crippen molar-refractivity contribution in [3.05, 3.63) is 24.0 Å². The van der Waals surface area contributed by atoms with Gasteiger partial charge in [-0.05, 0) is 24.6 Å². The number of carbonyl (C=O) groups is 1. The SMILES string of the molecule is CCCCC(C)C(=O)Nc1ccc(F)cc1N. The first-order chi connectivity index (χ1) is 8.04. The second-order valence-electron chi connectivity index (χ2n) is 4.26. The summed E-state index contributed by atoms with van der Waals surface area (Å²) >= 11 is 0. The zero-order valence-electron chi connectivity index (χ0n) is 10.3. The van der Waals surface area contributed by atoms with E-state index in [4.69, 9.17) is 5.73 Å². The van der Waals surface area contributed by atoms with Crippen molar-refractivity contribution in [3.8, 4) is 0 Å². The molecular formula is C13H19FN2O. The molecule has 3 N–H and O–H groups in total. The standard InChI is InChI=1S/C13H19FN2O/c1-3-4-5-9(2)13(17)16-12-7-6-10(14)8-11(12)15/h6-9H,3-5,15H2,1-2H3,(H,16,17). The zero-order valence-corrected chi connectivity index (χ0v) is 10.3. The minimum absolute atomic E-state index is 0.0561. The van der Waals surface area contributed by atoms with Crippen LogP contribution in [0.5, 0.6) is 0 Å². The Bertz CT molecular complexity index is 393. The summed E-state index contributed by atoms with van der Waals surface area (Å²) in [4.78, 5) is 11.8. The van der Waals surface area contributed by atoms with E-state index < -0.39 is 5.82 Å². The fourth-order valence-corrected chi connectivity index (χ4v) is 1.54. The Balaban J connectivity index is 2.61. The van der Waals surface area contributed by atoms with Crippen LogP contribution in [-0.2, 0) is 4.79 Å². The number of carbonyl (C=O) groups excluding carboxylic acids is 1. The predicted octanol–water partition coefficient (Wildman–Crippen LogP) is 3.17. The monoisotopic (exact) mass is 238 g/mol. The summed E-state index contributed by atoms with van der Waals surface area (Å²) in [6.07, 6.45) is 2.94. The third-order valence-corrected chi connectivity index (χ3v) is 2.71. The molecule has 3 nitrogen and oxygen atoms in total. The number of rotatable bonds is 5. The molecule has 94 valence electrons. The van der Waals surface area contributed by atoms with Crippen LogP contribution in [0.3, 0.4) is 0 Å². The molecular weight excluding hydrogens is 219 g/mol. The maximum absolute atomic E-state index is 12.8. The summed E-state index contributed by atoms with van der Waals surface area (Å²) in [6.45, 7) is 3.97. The summed E-state index contributed by atoms with van der Waals surface area (Å²) in [5.41, 5.74) is 6.34. The lowest BCUT2D eigenvalue weighted by Crippen LogP contribution is -2.21. The molecule has 0 bridgehead atoms. The number of hydrogen-bond acceptors (Lipinski definition) is 2. The molecule has 0 aliphatic carbocycles. The number of unbranched alkanes of at least 4 members (excludes halogenated alkanes) is 1. The highest BCUT2D eigenvalue weighted by Crippen LogP contribution is 2.20. The van der Waals surface area contributed by atoms with Gasteiger partial charge in [0.05, 0.1) is 11.4 Å². The molecule has 0 aliphatic heterocycles. The predicted molar refractivity (Wildman–Crippen MR) is 68.1 cm³/mol. The number of benzene rings is 1. The van der Waals surface area contributed by atoms with Gasteiger partial charge in [-0.25, -0.2) is 4.39 Å². The van der Waals surface area contributed by atoms with Gasteiger partial charge < -0.3 is 11.1 Å². The molecule has 1 aromatic rings. The number of nitrogens with two attached hydrogens (primary N) is 1. The highest BCUT2D eigenvalue weighted by Gasteiger charge is 2.13. The lowest BCUT2D eigenvalue weighted by Gasteiger charge is -2.13. The molecule has 0 fully saturated rings. The minimum atomic E-state index is -0.403. The fraction of sp³-hybridized carbons (Fsp3) is 0.462. The third-order valence-electron chi connectivity index (χ3n) is 2.71. The summed E-state index contributed by atoms with van der Waals surface area (Å²) in [6, 6.07) is 3.96. The Morgan fingerprint density at radius 2 is 2.24 bits per heavy atom. The van der Waals surface area contributed by atoms with Gasteiger partial charge in [0, 0.05) is 5.92 Å². The van der Waals surface area contributed by atoms with Crippen LogP contribution in [0.25, 0.3) is 0 Å². The summed E-state index contributed by atoms with van der Waals surface area (Å²) in [5.74, 6) is -0.532. The van der Waals surface area contributed by atoms with Crippen molar-refractivity contribution < 1.29 is 9.18 Å². The Labute approximate surface area is 101 Å². The van der Waals surface area contributed by atoms with Crippen molar-refractivity contribution in [3.63, 3.8) is 0 Å². The normalized spacial score (nSPS) is 12.2. The van der Waals surface area contributed by atoms with Crippen LogP contribution in [0, 0.1) is 11.7 Å². The number of nitrogen functional groups attached to an aromatic ring is 1. The topological polar surface area (TPSA) is 55.1 Å². The van der Waals surface area contributed by atoms with Crippen LogP contribution >= 0.6 is 0 Å². The van der Waals surface area contributed by atoms with Gasteiger partial charge in [0.2, 0.25) is 5.91 Å². The van der Waals surface area contributed by atoms with E-state index in [1.807, 2.05) is 6.92 Å². The number of nitrogens with one attached hydrogen (secondary N) is 1. The maximum atomic E-state index is 12.8. The highest BCUT2D eigenvalue weighted by molar-refractivity contribution is 5.95. The molecule has 1 aromatic carbocycles. The van der Waals surface area contributed by atoms with Gasteiger partial charge in [0.1, 0.15) is 5.82 Å². The van der Waals surface area contributed by atoms with E-state index in [9.17, 15) is 9.18 Å². The van der Waals surface area contributed by atoms with Crippen LogP contribution < -0.4 is 11.1 Å². The van der Waals surface area contributed by atoms with E-state index in [0.717, 1.165) is 19.3 Å². The smallest absolute Gasteiger partial charge is 0.227 e. The van der Waals surface area contributed by atoms with E-state index in [1.54, 1.807) is 0 Å². The quantitative estimate of drug-likeness (QED) is 0.774. The van der Waals surface area contributed by atoms with Crippen LogP contribution in [0.15, 0.2) is 18.2 Å². The molecule has 0 aromatic heterocycles. The summed E-state index contributed by atoms with van der Waals surface area (Å²) in [7, 11) is 0. The molecule has 0 saturated heterocycles. The van der Waals surface area contributed by atoms with Gasteiger partial charge in [-0.15, -0.1) is 0 Å². The van der Waals surface area contributed by atoms with E-state index in [1.165, 1.54) is 18.2 Å². The van der Waals surface area contributed by atoms with Crippen LogP contribution in [0.2, 0.25) is 0 Å². The number of hydrogen-bond donors (Lipinski definition) is 2. The van der Waals surface area contributed by atoms with Gasteiger partial charge in [0.15, 0.2) is 0 Å². The Morgan fingerprint density at radius 1 is 1.53 bits per heavy atom. The average Bonchev–Trinajstić information content (AvgIpc) is 2.29. The molecule has 0 aliphatic rings. The van der Waals surface area contributed by atoms with Crippen molar-refractivity contribution >= 4 is 17.3 Å². The molecule has 0 spiro atoms. The first-order valence-corrected chi connectivity index (χ1v) is 5.90. The Hall–Kier alpha value is -1.58. The van der Waals surface area contributed by atoms with E-state index in [-0.39, 0.29) is 17.5 Å². The van der Waals surface area contributed by atoms with Gasteiger partial charge in [-0.1, -0.05) is 26.7 Å². The number of halogens is 1. The molecule has 0 heterocycles. The molecule has 1 unspecified atom stereocenters. The molecule has 1 amide bonds. The van der Waals surface area contributed by atoms with E-state index >= 15 is 0 Å². The molecule has 4 heteroatoms. The molecule has 0 radical (unpaired) electrons. The molecule has 1 atom stereocenters. The highest BCUT2D eigenvalue weighted by atomic mass is 19.1. The van der Waals surface area contributed by atoms with Crippen molar-refractivity contribution in [2.45, 2.75) is 33.1 Å². The van der Waals surface area contributed by atoms with Gasteiger partial charge >= 0.3 is 0 Å². The first kappa shape index (κ1) is 13.5. The van der Waals surface area contributed by atoms with Crippen LogP contribution in [0.1, 0.15) is 33.1 Å². The average molecular weight is 238 g/mol. The fourth-order valence-electron chi connectivity index (χ4n) is 1.54. The zero-order chi connectivity index (χ0) is 12.8. The first-order valence-electron chi connectivity index (χ1n) is 5.90. The van der Waals surface area contributed by atoms with Crippen molar-refractivity contribution in [2.24, 2.45) is 5.92 Å². The minimum Gasteiger partial charge on any atom is -0.397 e. The third kappa shape index (κ3) is 4.06. The van der Waals surface area contributed by atoms with Crippen LogP contribution in [0.4, 0.5) is 15.8 Å². The van der Waals surface area contributed by atoms with Gasteiger partial charge in [-0.2, -0.15) is 0 Å². The van der Waals surface area contributed by atoms with Crippen molar-refractivity contribution in [1.29, 1.82) is 0 Å². The second kappa shape index (κ2) is 6.23. The number of anilines is 2. The van der Waals surface area contributed by atoms with E-state index in [0.29, 0.717) is 5.69 Å². The molecule has 17 heavy (non-hydrogen) atoms. The van der Waals surface area contributed by atoms with Crippen molar-refractivity contribution in [1.82, 2.24) is 0 Å². The van der Waals surface area contributed by atoms with Crippen molar-refractivity contribution in [2.75, 3.05) is 11.1 Å². The summed E-state index contributed by atoms with van der Waals surface area (Å²) < 4.78 is 12.8. The van der Waals surface area contributed by atoms with Crippen LogP contribution in [-0.4, -0.2) is 5.91 Å².